The highest BCUT2D eigenvalue weighted by atomic mass is 32.1. The highest BCUT2D eigenvalue weighted by molar-refractivity contribution is 7.20. The number of carbonyl (C=O) groups excluding carboxylic acids is 1. The average Bonchev–Trinajstić information content (AvgIpc) is 2.81. The second-order valence-electron chi connectivity index (χ2n) is 5.24. The maximum atomic E-state index is 12.4. The van der Waals surface area contributed by atoms with E-state index >= 15 is 0 Å². The van der Waals surface area contributed by atoms with E-state index in [1.807, 2.05) is 18.2 Å². The van der Waals surface area contributed by atoms with Gasteiger partial charge in [-0.1, -0.05) is 47.5 Å². The summed E-state index contributed by atoms with van der Waals surface area (Å²) in [5.74, 6) is 0.205. The van der Waals surface area contributed by atoms with E-state index in [0.29, 0.717) is 6.42 Å². The van der Waals surface area contributed by atoms with Gasteiger partial charge < -0.3 is 0 Å². The van der Waals surface area contributed by atoms with Crippen LogP contribution in [-0.2, 0) is 6.42 Å². The molecule has 0 N–H and O–H groups in total. The standard InChI is InChI=1S/C18H16OS/c1-12-7-13(2)9-14(8-12)10-16(19)18-11-15-5-3-4-6-17(15)20-18/h3-9,11H,10H2,1-2H3. The molecule has 0 aliphatic rings. The Morgan fingerprint density at radius 1 is 1.00 bits per heavy atom. The third-order valence-electron chi connectivity index (χ3n) is 3.35. The molecule has 0 spiro atoms. The van der Waals surface area contributed by atoms with Crippen molar-refractivity contribution >= 4 is 27.2 Å². The zero-order valence-corrected chi connectivity index (χ0v) is 12.5. The number of rotatable bonds is 3. The molecule has 3 rings (SSSR count). The molecular formula is C18H16OS. The summed E-state index contributed by atoms with van der Waals surface area (Å²) < 4.78 is 1.18. The molecule has 20 heavy (non-hydrogen) atoms. The Morgan fingerprint density at radius 3 is 2.40 bits per heavy atom. The zero-order valence-electron chi connectivity index (χ0n) is 11.6. The minimum atomic E-state index is 0.205. The molecule has 0 unspecified atom stereocenters. The summed E-state index contributed by atoms with van der Waals surface area (Å²) in [6.07, 6.45) is 0.481. The van der Waals surface area contributed by atoms with E-state index in [9.17, 15) is 4.79 Å². The summed E-state index contributed by atoms with van der Waals surface area (Å²) in [4.78, 5) is 13.3. The summed E-state index contributed by atoms with van der Waals surface area (Å²) in [5, 5.41) is 1.15. The van der Waals surface area contributed by atoms with Gasteiger partial charge in [0.25, 0.3) is 0 Å². The second kappa shape index (κ2) is 5.22. The van der Waals surface area contributed by atoms with Crippen LogP contribution in [0.15, 0.2) is 48.5 Å². The maximum Gasteiger partial charge on any atom is 0.177 e. The number of hydrogen-bond donors (Lipinski definition) is 0. The van der Waals surface area contributed by atoms with Gasteiger partial charge in [0.05, 0.1) is 4.88 Å². The van der Waals surface area contributed by atoms with Crippen LogP contribution in [0.3, 0.4) is 0 Å². The number of fused-ring (bicyclic) bond motifs is 1. The van der Waals surface area contributed by atoms with Crippen LogP contribution in [0.5, 0.6) is 0 Å². The van der Waals surface area contributed by atoms with Crippen molar-refractivity contribution in [1.29, 1.82) is 0 Å². The van der Waals surface area contributed by atoms with Crippen LogP contribution in [0.25, 0.3) is 10.1 Å². The van der Waals surface area contributed by atoms with Gasteiger partial charge in [0, 0.05) is 11.1 Å². The number of thiophene rings is 1. The molecule has 0 aliphatic heterocycles. The first-order valence-corrected chi connectivity index (χ1v) is 7.52. The predicted octanol–water partition coefficient (Wildman–Crippen LogP) is 4.94. The fourth-order valence-corrected chi connectivity index (χ4v) is 3.56. The molecule has 100 valence electrons. The Hall–Kier alpha value is -1.93. The normalized spacial score (nSPS) is 10.9. The summed E-state index contributed by atoms with van der Waals surface area (Å²) in [5.41, 5.74) is 3.53. The van der Waals surface area contributed by atoms with Crippen molar-refractivity contribution in [3.05, 3.63) is 70.1 Å². The molecule has 0 atom stereocenters. The summed E-state index contributed by atoms with van der Waals surface area (Å²) >= 11 is 1.58. The first-order chi connectivity index (χ1) is 9.61. The molecule has 3 aromatic rings. The predicted molar refractivity (Wildman–Crippen MR) is 85.8 cm³/mol. The van der Waals surface area contributed by atoms with Gasteiger partial charge in [-0.15, -0.1) is 11.3 Å². The molecule has 0 radical (unpaired) electrons. The second-order valence-corrected chi connectivity index (χ2v) is 6.33. The molecule has 1 aromatic heterocycles. The molecule has 0 saturated heterocycles. The smallest absolute Gasteiger partial charge is 0.177 e. The van der Waals surface area contributed by atoms with E-state index in [1.54, 1.807) is 11.3 Å². The van der Waals surface area contributed by atoms with Crippen molar-refractivity contribution in [3.8, 4) is 0 Å². The van der Waals surface area contributed by atoms with Crippen molar-refractivity contribution in [2.45, 2.75) is 20.3 Å². The topological polar surface area (TPSA) is 17.1 Å². The minimum Gasteiger partial charge on any atom is -0.293 e. The fraction of sp³-hybridized carbons (Fsp3) is 0.167. The molecule has 0 fully saturated rings. The molecule has 2 heteroatoms. The third-order valence-corrected chi connectivity index (χ3v) is 4.50. The Morgan fingerprint density at radius 2 is 1.70 bits per heavy atom. The Bertz CT molecular complexity index is 730. The molecular weight excluding hydrogens is 264 g/mol. The van der Waals surface area contributed by atoms with E-state index in [4.69, 9.17) is 0 Å². The van der Waals surface area contributed by atoms with Gasteiger partial charge in [0.1, 0.15) is 0 Å². The van der Waals surface area contributed by atoms with Crippen molar-refractivity contribution in [3.63, 3.8) is 0 Å². The Kier molecular flexibility index (Phi) is 3.41. The number of aryl methyl sites for hydroxylation is 2. The quantitative estimate of drug-likeness (QED) is 0.621. The van der Waals surface area contributed by atoms with Crippen molar-refractivity contribution in [2.24, 2.45) is 0 Å². The maximum absolute atomic E-state index is 12.4. The number of benzene rings is 2. The first kappa shape index (κ1) is 13.1. The lowest BCUT2D eigenvalue weighted by Crippen LogP contribution is -2.01. The highest BCUT2D eigenvalue weighted by Crippen LogP contribution is 2.26. The van der Waals surface area contributed by atoms with Gasteiger partial charge in [-0.25, -0.2) is 0 Å². The number of hydrogen-bond acceptors (Lipinski definition) is 2. The van der Waals surface area contributed by atoms with Gasteiger partial charge in [-0.3, -0.25) is 4.79 Å². The average molecular weight is 280 g/mol. The van der Waals surface area contributed by atoms with Crippen LogP contribution in [0.4, 0.5) is 0 Å². The van der Waals surface area contributed by atoms with Crippen LogP contribution in [0, 0.1) is 13.8 Å². The summed E-state index contributed by atoms with van der Waals surface area (Å²) in [6.45, 7) is 4.14. The van der Waals surface area contributed by atoms with Gasteiger partial charge in [0.15, 0.2) is 5.78 Å². The minimum absolute atomic E-state index is 0.205. The molecule has 0 amide bonds. The lowest BCUT2D eigenvalue weighted by atomic mass is 10.0. The SMILES string of the molecule is Cc1cc(C)cc(CC(=O)c2cc3ccccc3s2)c1. The van der Waals surface area contributed by atoms with Gasteiger partial charge >= 0.3 is 0 Å². The van der Waals surface area contributed by atoms with Crippen LogP contribution in [0.2, 0.25) is 0 Å². The van der Waals surface area contributed by atoms with E-state index in [1.165, 1.54) is 15.8 Å². The van der Waals surface area contributed by atoms with Crippen molar-refractivity contribution < 1.29 is 4.79 Å². The van der Waals surface area contributed by atoms with E-state index in [0.717, 1.165) is 15.8 Å². The number of carbonyl (C=O) groups is 1. The fourth-order valence-electron chi connectivity index (χ4n) is 2.56. The summed E-state index contributed by atoms with van der Waals surface area (Å²) in [6, 6.07) is 16.5. The largest absolute Gasteiger partial charge is 0.293 e. The highest BCUT2D eigenvalue weighted by Gasteiger charge is 2.11. The Labute approximate surface area is 122 Å². The van der Waals surface area contributed by atoms with Gasteiger partial charge in [-0.05, 0) is 36.9 Å². The van der Waals surface area contributed by atoms with Crippen LogP contribution >= 0.6 is 11.3 Å². The van der Waals surface area contributed by atoms with E-state index < -0.39 is 0 Å². The van der Waals surface area contributed by atoms with E-state index in [-0.39, 0.29) is 5.78 Å². The zero-order chi connectivity index (χ0) is 14.1. The van der Waals surface area contributed by atoms with Crippen molar-refractivity contribution in [1.82, 2.24) is 0 Å². The van der Waals surface area contributed by atoms with Crippen molar-refractivity contribution in [2.75, 3.05) is 0 Å². The van der Waals surface area contributed by atoms with E-state index in [2.05, 4.69) is 44.2 Å². The number of ketones is 1. The summed E-state index contributed by atoms with van der Waals surface area (Å²) in [7, 11) is 0. The lowest BCUT2D eigenvalue weighted by molar-refractivity contribution is 0.0997. The Balaban J connectivity index is 1.88. The lowest BCUT2D eigenvalue weighted by Gasteiger charge is -2.03. The third kappa shape index (κ3) is 2.66. The van der Waals surface area contributed by atoms with Crippen LogP contribution in [-0.4, -0.2) is 5.78 Å². The van der Waals surface area contributed by atoms with Gasteiger partial charge in [-0.2, -0.15) is 0 Å². The van der Waals surface area contributed by atoms with Crippen LogP contribution < -0.4 is 0 Å². The monoisotopic (exact) mass is 280 g/mol. The molecule has 2 aromatic carbocycles. The first-order valence-electron chi connectivity index (χ1n) is 6.71. The molecule has 0 saturated carbocycles. The molecule has 1 heterocycles. The van der Waals surface area contributed by atoms with Crippen LogP contribution in [0.1, 0.15) is 26.4 Å². The molecule has 1 nitrogen and oxygen atoms in total. The van der Waals surface area contributed by atoms with Gasteiger partial charge in [0.2, 0.25) is 0 Å². The molecule has 0 bridgehead atoms. The number of Topliss-reactive ketones (excluding diaryl/α,β-unsaturated/α-hetero) is 1. The molecule has 0 aliphatic carbocycles.